The van der Waals surface area contributed by atoms with Crippen molar-refractivity contribution in [3.63, 3.8) is 0 Å². The molecule has 1 unspecified atom stereocenters. The zero-order valence-corrected chi connectivity index (χ0v) is 16.3. The van der Waals surface area contributed by atoms with Crippen LogP contribution in [0.25, 0.3) is 0 Å². The molecule has 0 aliphatic carbocycles. The number of amides is 1. The Labute approximate surface area is 149 Å². The number of hydrogen-bond donors (Lipinski definition) is 3. The maximum absolute atomic E-state index is 12.2. The van der Waals surface area contributed by atoms with Gasteiger partial charge < -0.3 is 10.6 Å². The largest absolute Gasteiger partial charge is 0.332 e. The summed E-state index contributed by atoms with van der Waals surface area (Å²) < 4.78 is 26.9. The van der Waals surface area contributed by atoms with Crippen molar-refractivity contribution in [1.29, 1.82) is 0 Å². The molecule has 6 nitrogen and oxygen atoms in total. The van der Waals surface area contributed by atoms with E-state index in [9.17, 15) is 13.2 Å². The second kappa shape index (κ2) is 8.04. The number of thiocarbonyl (C=S) groups is 1. The summed E-state index contributed by atoms with van der Waals surface area (Å²) in [5, 5.41) is 5.63. The topological polar surface area (TPSA) is 87.3 Å². The van der Waals surface area contributed by atoms with Gasteiger partial charge in [0.1, 0.15) is 0 Å². The van der Waals surface area contributed by atoms with E-state index < -0.39 is 15.4 Å². The minimum Gasteiger partial charge on any atom is -0.332 e. The van der Waals surface area contributed by atoms with Crippen molar-refractivity contribution in [2.24, 2.45) is 5.41 Å². The van der Waals surface area contributed by atoms with Gasteiger partial charge in [0.15, 0.2) is 5.11 Å². The average molecular weight is 372 g/mol. The smallest absolute Gasteiger partial charge is 0.240 e. The molecule has 1 aromatic carbocycles. The maximum Gasteiger partial charge on any atom is 0.240 e. The average Bonchev–Trinajstić information content (AvgIpc) is 2.46. The summed E-state index contributed by atoms with van der Waals surface area (Å²) in [6.07, 6.45) is 0.709. The van der Waals surface area contributed by atoms with Crippen molar-refractivity contribution < 1.29 is 13.2 Å². The molecule has 0 aromatic heterocycles. The number of hydrogen-bond acceptors (Lipinski definition) is 4. The minimum atomic E-state index is -3.54. The highest BCUT2D eigenvalue weighted by molar-refractivity contribution is 7.89. The van der Waals surface area contributed by atoms with Crippen LogP contribution in [-0.2, 0) is 14.8 Å². The van der Waals surface area contributed by atoms with E-state index in [1.54, 1.807) is 32.9 Å². The summed E-state index contributed by atoms with van der Waals surface area (Å²) >= 11 is 5.09. The fourth-order valence-corrected chi connectivity index (χ4v) is 3.12. The molecule has 24 heavy (non-hydrogen) atoms. The van der Waals surface area contributed by atoms with Gasteiger partial charge in [0, 0.05) is 17.1 Å². The molecule has 0 spiro atoms. The van der Waals surface area contributed by atoms with Crippen LogP contribution in [0, 0.1) is 5.41 Å². The van der Waals surface area contributed by atoms with Crippen LogP contribution < -0.4 is 15.4 Å². The Kier molecular flexibility index (Phi) is 6.88. The number of sulfonamides is 1. The lowest BCUT2D eigenvalue weighted by Gasteiger charge is -2.18. The zero-order valence-electron chi connectivity index (χ0n) is 14.6. The van der Waals surface area contributed by atoms with Crippen molar-refractivity contribution >= 4 is 38.9 Å². The van der Waals surface area contributed by atoms with Crippen LogP contribution in [0.1, 0.15) is 41.0 Å². The van der Waals surface area contributed by atoms with Crippen LogP contribution in [0.4, 0.5) is 5.69 Å². The Bertz CT molecular complexity index is 692. The van der Waals surface area contributed by atoms with Gasteiger partial charge in [-0.25, -0.2) is 13.1 Å². The summed E-state index contributed by atoms with van der Waals surface area (Å²) in [7, 11) is -3.54. The van der Waals surface area contributed by atoms with Crippen molar-refractivity contribution in [2.75, 3.05) is 5.32 Å². The predicted octanol–water partition coefficient (Wildman–Crippen LogP) is 2.62. The molecule has 8 heteroatoms. The minimum absolute atomic E-state index is 0.131. The van der Waals surface area contributed by atoms with Gasteiger partial charge in [-0.2, -0.15) is 0 Å². The fraction of sp³-hybridized carbons (Fsp3) is 0.500. The van der Waals surface area contributed by atoms with Crippen molar-refractivity contribution in [3.8, 4) is 0 Å². The van der Waals surface area contributed by atoms with Gasteiger partial charge in [-0.1, -0.05) is 27.7 Å². The predicted molar refractivity (Wildman–Crippen MR) is 100 cm³/mol. The number of anilines is 1. The molecule has 0 bridgehead atoms. The third kappa shape index (κ3) is 6.18. The van der Waals surface area contributed by atoms with Gasteiger partial charge in [-0.05, 0) is 49.8 Å². The number of carbonyl (C=O) groups excluding carboxylic acids is 1. The number of nitrogens with one attached hydrogen (secondary N) is 3. The first-order valence-corrected chi connectivity index (χ1v) is 9.59. The molecule has 0 heterocycles. The third-order valence-electron chi connectivity index (χ3n) is 3.30. The second-order valence-corrected chi connectivity index (χ2v) is 8.74. The molecule has 1 aromatic rings. The van der Waals surface area contributed by atoms with Crippen molar-refractivity contribution in [3.05, 3.63) is 24.3 Å². The summed E-state index contributed by atoms with van der Waals surface area (Å²) in [6.45, 7) is 9.08. The maximum atomic E-state index is 12.2. The summed E-state index contributed by atoms with van der Waals surface area (Å²) in [6, 6.07) is 6.04. The van der Waals surface area contributed by atoms with E-state index in [2.05, 4.69) is 15.4 Å². The summed E-state index contributed by atoms with van der Waals surface area (Å²) in [5.41, 5.74) is 0.0439. The van der Waals surface area contributed by atoms with Gasteiger partial charge in [-0.15, -0.1) is 0 Å². The van der Waals surface area contributed by atoms with E-state index in [0.717, 1.165) is 0 Å². The number of rotatable bonds is 5. The highest BCUT2D eigenvalue weighted by Crippen LogP contribution is 2.16. The lowest BCUT2D eigenvalue weighted by atomic mass is 9.96. The van der Waals surface area contributed by atoms with E-state index in [1.165, 1.54) is 12.1 Å². The van der Waals surface area contributed by atoms with Gasteiger partial charge in [0.2, 0.25) is 15.9 Å². The third-order valence-corrected chi connectivity index (χ3v) is 5.11. The molecule has 1 amide bonds. The molecule has 0 fully saturated rings. The van der Waals surface area contributed by atoms with E-state index in [1.807, 2.05) is 13.8 Å². The first kappa shape index (κ1) is 20.5. The fourth-order valence-electron chi connectivity index (χ4n) is 1.59. The molecule has 0 saturated carbocycles. The van der Waals surface area contributed by atoms with Gasteiger partial charge in [-0.3, -0.25) is 4.79 Å². The van der Waals surface area contributed by atoms with Crippen LogP contribution in [0.2, 0.25) is 0 Å². The molecule has 0 aliphatic heterocycles. The van der Waals surface area contributed by atoms with Crippen LogP contribution in [0.15, 0.2) is 29.2 Å². The summed E-state index contributed by atoms with van der Waals surface area (Å²) in [5.74, 6) is -0.197. The highest BCUT2D eigenvalue weighted by atomic mass is 32.2. The quantitative estimate of drug-likeness (QED) is 0.693. The van der Waals surface area contributed by atoms with Gasteiger partial charge in [0.25, 0.3) is 0 Å². The molecular weight excluding hydrogens is 346 g/mol. The molecule has 3 N–H and O–H groups in total. The van der Waals surface area contributed by atoms with E-state index in [0.29, 0.717) is 12.1 Å². The summed E-state index contributed by atoms with van der Waals surface area (Å²) in [4.78, 5) is 12.0. The van der Waals surface area contributed by atoms with Crippen LogP contribution >= 0.6 is 12.2 Å². The Morgan fingerprint density at radius 3 is 2.21 bits per heavy atom. The standard InChI is InChI=1S/C16H25N3O3S2/c1-6-11(2)19-24(21,22)13-9-7-12(8-10-13)17-15(23)18-14(20)16(3,4)5/h7-11,19H,6H2,1-5H3,(H2,17,18,20,23). The Hall–Kier alpha value is -1.51. The molecule has 1 atom stereocenters. The van der Waals surface area contributed by atoms with Crippen molar-refractivity contribution in [1.82, 2.24) is 10.0 Å². The molecule has 0 radical (unpaired) electrons. The van der Waals surface area contributed by atoms with Crippen molar-refractivity contribution in [2.45, 2.75) is 52.0 Å². The molecule has 0 aliphatic rings. The highest BCUT2D eigenvalue weighted by Gasteiger charge is 2.22. The second-order valence-electron chi connectivity index (χ2n) is 6.61. The lowest BCUT2D eigenvalue weighted by Crippen LogP contribution is -2.41. The SMILES string of the molecule is CCC(C)NS(=O)(=O)c1ccc(NC(=S)NC(=O)C(C)(C)C)cc1. The number of benzene rings is 1. The van der Waals surface area contributed by atoms with Gasteiger partial charge >= 0.3 is 0 Å². The Morgan fingerprint density at radius 1 is 1.21 bits per heavy atom. The molecule has 134 valence electrons. The van der Waals surface area contributed by atoms with Gasteiger partial charge in [0.05, 0.1) is 4.90 Å². The van der Waals surface area contributed by atoms with Crippen LogP contribution in [0.5, 0.6) is 0 Å². The van der Waals surface area contributed by atoms with Crippen LogP contribution in [-0.4, -0.2) is 25.5 Å². The van der Waals surface area contributed by atoms with E-state index in [-0.39, 0.29) is 22.0 Å². The Balaban J connectivity index is 2.75. The monoisotopic (exact) mass is 371 g/mol. The normalized spacial score (nSPS) is 13.2. The van der Waals surface area contributed by atoms with E-state index >= 15 is 0 Å². The number of carbonyl (C=O) groups is 1. The Morgan fingerprint density at radius 2 is 1.75 bits per heavy atom. The zero-order chi connectivity index (χ0) is 18.5. The van der Waals surface area contributed by atoms with E-state index in [4.69, 9.17) is 12.2 Å². The first-order valence-electron chi connectivity index (χ1n) is 7.70. The molecular formula is C16H25N3O3S2. The molecule has 0 saturated heterocycles. The molecule has 1 rings (SSSR count). The first-order chi connectivity index (χ1) is 11.0. The van der Waals surface area contributed by atoms with Crippen LogP contribution in [0.3, 0.4) is 0 Å². The lowest BCUT2D eigenvalue weighted by molar-refractivity contribution is -0.126.